The average Bonchev–Trinajstić information content (AvgIpc) is 2.43. The second-order valence-corrected chi connectivity index (χ2v) is 6.83. The minimum Gasteiger partial charge on any atom is -0.444 e. The maximum atomic E-state index is 14.2. The monoisotopic (exact) mass is 306 g/mol. The third kappa shape index (κ3) is 3.44. The van der Waals surface area contributed by atoms with Crippen LogP contribution in [0.25, 0.3) is 0 Å². The molecule has 0 aromatic carbocycles. The van der Waals surface area contributed by atoms with E-state index in [9.17, 15) is 18.4 Å². The zero-order valence-corrected chi connectivity index (χ0v) is 13.4. The fourth-order valence-corrected chi connectivity index (χ4v) is 2.33. The van der Waals surface area contributed by atoms with Crippen LogP contribution < -0.4 is 5.32 Å². The van der Waals surface area contributed by atoms with Crippen molar-refractivity contribution in [2.24, 2.45) is 5.41 Å². The summed E-state index contributed by atoms with van der Waals surface area (Å²) >= 11 is 0. The van der Waals surface area contributed by atoms with Gasteiger partial charge in [-0.2, -0.15) is 0 Å². The van der Waals surface area contributed by atoms with Crippen molar-refractivity contribution >= 4 is 12.0 Å². The van der Waals surface area contributed by atoms with Crippen LogP contribution in [0, 0.1) is 5.41 Å². The highest BCUT2D eigenvalue weighted by atomic mass is 19.3. The summed E-state index contributed by atoms with van der Waals surface area (Å²) in [5.41, 5.74) is -2.48. The summed E-state index contributed by atoms with van der Waals surface area (Å²) in [6.07, 6.45) is -0.899. The molecule has 1 atom stereocenters. The zero-order valence-electron chi connectivity index (χ0n) is 13.4. The van der Waals surface area contributed by atoms with E-state index in [4.69, 9.17) is 4.74 Å². The molecule has 1 saturated heterocycles. The fourth-order valence-electron chi connectivity index (χ4n) is 2.33. The van der Waals surface area contributed by atoms with Crippen LogP contribution in [0.5, 0.6) is 0 Å². The van der Waals surface area contributed by atoms with Gasteiger partial charge in [0.05, 0.1) is 12.0 Å². The number of carbonyl (C=O) groups is 2. The Balaban J connectivity index is 3.11. The largest absolute Gasteiger partial charge is 0.444 e. The molecule has 5 nitrogen and oxygen atoms in total. The average molecular weight is 306 g/mol. The molecule has 1 aliphatic heterocycles. The van der Waals surface area contributed by atoms with Crippen LogP contribution in [0.3, 0.4) is 0 Å². The lowest BCUT2D eigenvalue weighted by atomic mass is 9.81. The Morgan fingerprint density at radius 2 is 1.86 bits per heavy atom. The minimum absolute atomic E-state index is 0.305. The SMILES string of the molecule is CCNC(=O)C1N(C(=O)OC(C)(C)C)CC(F)(F)C1(C)C. The van der Waals surface area contributed by atoms with Gasteiger partial charge < -0.3 is 10.1 Å². The molecule has 0 radical (unpaired) electrons. The molecule has 7 heteroatoms. The van der Waals surface area contributed by atoms with E-state index in [2.05, 4.69) is 5.32 Å². The van der Waals surface area contributed by atoms with E-state index in [1.54, 1.807) is 27.7 Å². The van der Waals surface area contributed by atoms with Gasteiger partial charge in [0.15, 0.2) is 0 Å². The number of likely N-dealkylation sites (N-methyl/N-ethyl adjacent to an activating group) is 1. The number of nitrogens with one attached hydrogen (secondary N) is 1. The molecule has 1 N–H and O–H groups in total. The molecule has 1 unspecified atom stereocenters. The van der Waals surface area contributed by atoms with Crippen molar-refractivity contribution in [3.05, 3.63) is 0 Å². The Morgan fingerprint density at radius 3 is 2.29 bits per heavy atom. The van der Waals surface area contributed by atoms with Crippen molar-refractivity contribution in [2.45, 2.75) is 59.1 Å². The summed E-state index contributed by atoms with van der Waals surface area (Å²) in [5, 5.41) is 2.51. The van der Waals surface area contributed by atoms with Crippen LogP contribution in [-0.2, 0) is 9.53 Å². The highest BCUT2D eigenvalue weighted by molar-refractivity contribution is 5.87. The molecule has 0 aliphatic carbocycles. The molecular weight excluding hydrogens is 282 g/mol. The number of hydrogen-bond donors (Lipinski definition) is 1. The van der Waals surface area contributed by atoms with E-state index in [1.807, 2.05) is 0 Å². The highest BCUT2D eigenvalue weighted by Gasteiger charge is 2.64. The first kappa shape index (κ1) is 17.7. The van der Waals surface area contributed by atoms with Crippen molar-refractivity contribution in [3.8, 4) is 0 Å². The van der Waals surface area contributed by atoms with Gasteiger partial charge in [-0.1, -0.05) is 13.8 Å². The van der Waals surface area contributed by atoms with Gasteiger partial charge in [0.25, 0.3) is 5.92 Å². The van der Waals surface area contributed by atoms with Crippen LogP contribution in [0.4, 0.5) is 13.6 Å². The van der Waals surface area contributed by atoms with Crippen molar-refractivity contribution < 1.29 is 23.1 Å². The second-order valence-electron chi connectivity index (χ2n) is 6.83. The number of halogens is 2. The minimum atomic E-state index is -3.17. The third-order valence-electron chi connectivity index (χ3n) is 3.53. The Hall–Kier alpha value is -1.40. The van der Waals surface area contributed by atoms with E-state index >= 15 is 0 Å². The van der Waals surface area contributed by atoms with E-state index in [1.165, 1.54) is 13.8 Å². The Bertz CT molecular complexity index is 430. The van der Waals surface area contributed by atoms with Gasteiger partial charge in [0, 0.05) is 6.54 Å². The summed E-state index contributed by atoms with van der Waals surface area (Å²) in [5.74, 6) is -3.76. The van der Waals surface area contributed by atoms with Crippen molar-refractivity contribution in [3.63, 3.8) is 0 Å². The highest BCUT2D eigenvalue weighted by Crippen LogP contribution is 2.48. The van der Waals surface area contributed by atoms with E-state index in [0.717, 1.165) is 4.90 Å². The summed E-state index contributed by atoms with van der Waals surface area (Å²) in [7, 11) is 0. The quantitative estimate of drug-likeness (QED) is 0.852. The molecule has 21 heavy (non-hydrogen) atoms. The number of likely N-dealkylation sites (tertiary alicyclic amines) is 1. The van der Waals surface area contributed by atoms with Gasteiger partial charge in [0.2, 0.25) is 5.91 Å². The van der Waals surface area contributed by atoms with Crippen molar-refractivity contribution in [2.75, 3.05) is 13.1 Å². The smallest absolute Gasteiger partial charge is 0.411 e. The summed E-state index contributed by atoms with van der Waals surface area (Å²) < 4.78 is 33.5. The second kappa shape index (κ2) is 5.42. The third-order valence-corrected chi connectivity index (χ3v) is 3.53. The predicted octanol–water partition coefficient (Wildman–Crippen LogP) is 2.40. The van der Waals surface area contributed by atoms with Gasteiger partial charge in [0.1, 0.15) is 11.6 Å². The van der Waals surface area contributed by atoms with Crippen molar-refractivity contribution in [1.29, 1.82) is 0 Å². The van der Waals surface area contributed by atoms with Gasteiger partial charge in [-0.25, -0.2) is 13.6 Å². The molecule has 0 saturated carbocycles. The lowest BCUT2D eigenvalue weighted by molar-refractivity contribution is -0.132. The van der Waals surface area contributed by atoms with Gasteiger partial charge in [-0.15, -0.1) is 0 Å². The van der Waals surface area contributed by atoms with E-state index in [-0.39, 0.29) is 0 Å². The zero-order chi connectivity index (χ0) is 16.6. The normalized spacial score (nSPS) is 23.8. The molecule has 122 valence electrons. The maximum Gasteiger partial charge on any atom is 0.411 e. The molecular formula is C14H24F2N2O3. The Kier molecular flexibility index (Phi) is 4.56. The number of amides is 2. The molecule has 0 aromatic rings. The number of carbonyl (C=O) groups excluding carboxylic acids is 2. The standard InChI is InChI=1S/C14H24F2N2O3/c1-7-17-10(19)9-13(5,6)14(15,16)8-18(9)11(20)21-12(2,3)4/h9H,7-8H2,1-6H3,(H,17,19). The first-order valence-electron chi connectivity index (χ1n) is 6.98. The van der Waals surface area contributed by atoms with E-state index < -0.39 is 41.5 Å². The molecule has 1 heterocycles. The molecule has 0 spiro atoms. The number of alkyl halides is 2. The lowest BCUT2D eigenvalue weighted by Gasteiger charge is -2.33. The summed E-state index contributed by atoms with van der Waals surface area (Å²) in [6.45, 7) is 8.68. The summed E-state index contributed by atoms with van der Waals surface area (Å²) in [6, 6.07) is -1.26. The van der Waals surface area contributed by atoms with Gasteiger partial charge >= 0.3 is 6.09 Å². The molecule has 1 rings (SSSR count). The van der Waals surface area contributed by atoms with E-state index in [0.29, 0.717) is 6.54 Å². The van der Waals surface area contributed by atoms with Crippen LogP contribution in [-0.4, -0.2) is 47.6 Å². The predicted molar refractivity (Wildman–Crippen MR) is 74.1 cm³/mol. The molecule has 1 aliphatic rings. The fraction of sp³-hybridized carbons (Fsp3) is 0.857. The Labute approximate surface area is 124 Å². The number of ether oxygens (including phenoxy) is 1. The first-order valence-corrected chi connectivity index (χ1v) is 6.98. The molecule has 0 aromatic heterocycles. The van der Waals surface area contributed by atoms with Crippen molar-refractivity contribution in [1.82, 2.24) is 10.2 Å². The molecule has 0 bridgehead atoms. The molecule has 1 fully saturated rings. The number of hydrogen-bond acceptors (Lipinski definition) is 3. The lowest BCUT2D eigenvalue weighted by Crippen LogP contribution is -2.53. The number of nitrogens with zero attached hydrogens (tertiary/aromatic N) is 1. The van der Waals surface area contributed by atoms with Crippen LogP contribution in [0.15, 0.2) is 0 Å². The first-order chi connectivity index (χ1) is 9.33. The van der Waals surface area contributed by atoms with Crippen LogP contribution >= 0.6 is 0 Å². The van der Waals surface area contributed by atoms with Gasteiger partial charge in [-0.05, 0) is 27.7 Å². The molecule has 2 amide bonds. The Morgan fingerprint density at radius 1 is 1.33 bits per heavy atom. The van der Waals surface area contributed by atoms with Crippen LogP contribution in [0.1, 0.15) is 41.5 Å². The maximum absolute atomic E-state index is 14.2. The van der Waals surface area contributed by atoms with Gasteiger partial charge in [-0.3, -0.25) is 9.69 Å². The topological polar surface area (TPSA) is 58.6 Å². The van der Waals surface area contributed by atoms with Crippen LogP contribution in [0.2, 0.25) is 0 Å². The summed E-state index contributed by atoms with van der Waals surface area (Å²) in [4.78, 5) is 25.1. The number of rotatable bonds is 2.